The number of nitrogens with zero attached hydrogens (tertiary/aromatic N) is 4. The van der Waals surface area contributed by atoms with E-state index in [-0.39, 0.29) is 33.8 Å². The summed E-state index contributed by atoms with van der Waals surface area (Å²) in [4.78, 5) is 12.4. The monoisotopic (exact) mass is 1270 g/mol. The van der Waals surface area contributed by atoms with Gasteiger partial charge in [0.2, 0.25) is 0 Å². The Balaban J connectivity index is 1.15. The Hall–Kier alpha value is -9.21. The fraction of sp³-hybridized carbons (Fsp3) is 0.230. The van der Waals surface area contributed by atoms with Gasteiger partial charge in [-0.05, 0) is 171 Å². The van der Waals surface area contributed by atoms with E-state index in [1.165, 1.54) is 85.7 Å². The van der Waals surface area contributed by atoms with Crippen molar-refractivity contribution in [2.75, 3.05) is 14.7 Å². The van der Waals surface area contributed by atoms with Gasteiger partial charge in [-0.2, -0.15) is 0 Å². The number of para-hydroxylation sites is 3. The van der Waals surface area contributed by atoms with E-state index < -0.39 is 8.07 Å². The zero-order chi connectivity index (χ0) is 66.3. The summed E-state index contributed by atoms with van der Waals surface area (Å²) in [7, 11) is -3.49. The molecule has 8 heteroatoms. The van der Waals surface area contributed by atoms with Crippen LogP contribution in [0.2, 0.25) is 0 Å². The van der Waals surface area contributed by atoms with Crippen LogP contribution in [0.5, 0.6) is 0 Å². The van der Waals surface area contributed by atoms with Crippen LogP contribution in [0.3, 0.4) is 0 Å². The van der Waals surface area contributed by atoms with Crippen molar-refractivity contribution in [1.82, 2.24) is 4.98 Å². The largest absolute Gasteiger partial charge is 0.454 e. The van der Waals surface area contributed by atoms with Gasteiger partial charge in [-0.1, -0.05) is 249 Å². The molecule has 0 unspecified atom stereocenters. The van der Waals surface area contributed by atoms with Gasteiger partial charge in [0.05, 0.1) is 23.3 Å². The van der Waals surface area contributed by atoms with E-state index in [0.29, 0.717) is 0 Å². The quantitative estimate of drug-likeness (QED) is 0.106. The van der Waals surface area contributed by atoms with Crippen LogP contribution in [0.25, 0.3) is 32.0 Å². The predicted molar refractivity (Wildman–Crippen MR) is 413 cm³/mol. The van der Waals surface area contributed by atoms with Crippen LogP contribution in [-0.4, -0.2) is 19.8 Å². The first-order chi connectivity index (χ1) is 45.3. The van der Waals surface area contributed by atoms with Gasteiger partial charge in [0, 0.05) is 66.0 Å². The Morgan fingerprint density at radius 1 is 0.400 bits per heavy atom. The van der Waals surface area contributed by atoms with Gasteiger partial charge in [0.15, 0.2) is 13.7 Å². The van der Waals surface area contributed by atoms with Crippen molar-refractivity contribution < 1.29 is 4.42 Å². The zero-order valence-electron chi connectivity index (χ0n) is 57.8. The van der Waals surface area contributed by atoms with Crippen molar-refractivity contribution in [3.63, 3.8) is 0 Å². The van der Waals surface area contributed by atoms with Crippen molar-refractivity contribution in [2.45, 2.75) is 131 Å². The van der Waals surface area contributed by atoms with E-state index in [2.05, 4.69) is 343 Å². The number of fused-ring (bicyclic) bond motifs is 9. The first-order valence-corrected chi connectivity index (χ1v) is 36.7. The Morgan fingerprint density at radius 3 is 1.47 bits per heavy atom. The normalized spacial score (nSPS) is 13.6. The standard InChI is InChI=1S/C87H85BN4OSSi/c1-83(2,3)56-30-39-62(40-31-56)91-75-53-68(95(65-42-32-57(33-43-65)84(4,5)6,66-44-34-58(35-45-66)85(7,8)9)67-46-36-59(37-47-67)86(10,11)12)54-76-79(75)88(82-80(91)71-51-60(87(13,14)15)38-49-78(71)94-82)72-48-41-63(90(61-23-17-16-18-24-61)64-25-22-50-89-55-64)52-74(72)92(76)73-28-21-27-70-69-26-19-20-29-77(69)93-81(70)73/h16-55H,1-15H3. The van der Waals surface area contributed by atoms with Crippen molar-refractivity contribution >= 4 is 146 Å². The molecule has 0 saturated carbocycles. The summed E-state index contributed by atoms with van der Waals surface area (Å²) in [6.07, 6.45) is 3.84. The SMILES string of the molecule is CC(C)(C)c1ccc(N2c3cc([Si](c4ccc(C(C)(C)C)cc4)(c4ccc(C(C)(C)C)cc4)c4ccc(C(C)(C)C)cc4)cc4c3B(c3ccc(N(c5ccccc5)c5cccnc5)cc3N4c3cccc4c3oc3ccccc34)c3sc4ccc(C(C)(C)C)cc4c32)cc1. The molecule has 5 nitrogen and oxygen atoms in total. The molecular formula is C87H85BN4OSSi. The molecule has 472 valence electrons. The molecule has 0 radical (unpaired) electrons. The number of hydrogen-bond donors (Lipinski definition) is 0. The Morgan fingerprint density at radius 2 is 0.916 bits per heavy atom. The molecule has 0 fully saturated rings. The van der Waals surface area contributed by atoms with Gasteiger partial charge >= 0.3 is 0 Å². The molecule has 2 aliphatic heterocycles. The molecule has 0 aliphatic carbocycles. The number of thiophene rings is 1. The fourth-order valence-corrected chi connectivity index (χ4v) is 21.0. The van der Waals surface area contributed by atoms with Crippen molar-refractivity contribution in [2.24, 2.45) is 0 Å². The number of anilines is 9. The lowest BCUT2D eigenvalue weighted by atomic mass is 9.36. The van der Waals surface area contributed by atoms with E-state index in [4.69, 9.17) is 9.40 Å². The molecule has 0 bridgehead atoms. The topological polar surface area (TPSA) is 35.8 Å². The summed E-state index contributed by atoms with van der Waals surface area (Å²) in [5.74, 6) is 0. The lowest BCUT2D eigenvalue weighted by Gasteiger charge is -2.45. The van der Waals surface area contributed by atoms with Gasteiger partial charge in [-0.15, -0.1) is 11.3 Å². The molecule has 0 saturated heterocycles. The lowest BCUT2D eigenvalue weighted by Crippen LogP contribution is -2.75. The number of rotatable bonds is 9. The van der Waals surface area contributed by atoms with Crippen molar-refractivity contribution in [3.8, 4) is 0 Å². The number of benzene rings is 10. The van der Waals surface area contributed by atoms with Gasteiger partial charge in [0.1, 0.15) is 5.58 Å². The highest BCUT2D eigenvalue weighted by Crippen LogP contribution is 2.51. The average Bonchev–Trinajstić information content (AvgIpc) is 1.67. The molecule has 0 atom stereocenters. The average molecular weight is 1270 g/mol. The highest BCUT2D eigenvalue weighted by Gasteiger charge is 2.50. The highest BCUT2D eigenvalue weighted by atomic mass is 32.1. The molecule has 3 aromatic heterocycles. The molecule has 0 amide bonds. The second-order valence-corrected chi connectivity index (χ2v) is 36.6. The Bertz CT molecular complexity index is 4900. The molecule has 5 heterocycles. The van der Waals surface area contributed by atoms with Gasteiger partial charge in [-0.3, -0.25) is 4.98 Å². The molecule has 0 N–H and O–H groups in total. The van der Waals surface area contributed by atoms with E-state index >= 15 is 0 Å². The van der Waals surface area contributed by atoms with Gasteiger partial charge in [0.25, 0.3) is 6.71 Å². The highest BCUT2D eigenvalue weighted by molar-refractivity contribution is 7.33. The third-order valence-electron chi connectivity index (χ3n) is 20.3. The summed E-state index contributed by atoms with van der Waals surface area (Å²) < 4.78 is 9.90. The molecule has 95 heavy (non-hydrogen) atoms. The van der Waals surface area contributed by atoms with Crippen LogP contribution < -0.4 is 51.1 Å². The van der Waals surface area contributed by atoms with Gasteiger partial charge < -0.3 is 19.1 Å². The fourth-order valence-electron chi connectivity index (χ4n) is 15.0. The third-order valence-corrected chi connectivity index (χ3v) is 26.3. The summed E-state index contributed by atoms with van der Waals surface area (Å²) in [6, 6.07) is 89.3. The van der Waals surface area contributed by atoms with Crippen LogP contribution >= 0.6 is 11.3 Å². The van der Waals surface area contributed by atoms with E-state index in [1.807, 2.05) is 29.8 Å². The summed E-state index contributed by atoms with van der Waals surface area (Å²) >= 11 is 1.96. The summed E-state index contributed by atoms with van der Waals surface area (Å²) in [5, 5.41) is 8.71. The van der Waals surface area contributed by atoms with Crippen molar-refractivity contribution in [3.05, 3.63) is 271 Å². The molecule has 10 aromatic carbocycles. The Labute approximate surface area is 567 Å². The van der Waals surface area contributed by atoms with Crippen LogP contribution in [-0.2, 0) is 27.1 Å². The smallest absolute Gasteiger partial charge is 0.264 e. The summed E-state index contributed by atoms with van der Waals surface area (Å²) in [5.41, 5.74) is 20.2. The van der Waals surface area contributed by atoms with Gasteiger partial charge in [-0.25, -0.2) is 0 Å². The first kappa shape index (κ1) is 61.9. The second kappa shape index (κ2) is 22.5. The summed E-state index contributed by atoms with van der Waals surface area (Å²) in [6.45, 7) is 34.8. The molecular weight excluding hydrogens is 1190 g/mol. The molecule has 2 aliphatic rings. The minimum Gasteiger partial charge on any atom is -0.454 e. The number of hydrogen-bond acceptors (Lipinski definition) is 6. The van der Waals surface area contributed by atoms with E-state index in [9.17, 15) is 0 Å². The first-order valence-electron chi connectivity index (χ1n) is 33.9. The molecule has 13 aromatic rings. The minimum atomic E-state index is -3.49. The van der Waals surface area contributed by atoms with E-state index in [0.717, 1.165) is 61.8 Å². The van der Waals surface area contributed by atoms with Crippen LogP contribution in [0, 0.1) is 0 Å². The van der Waals surface area contributed by atoms with E-state index in [1.54, 1.807) is 0 Å². The maximum Gasteiger partial charge on any atom is 0.264 e. The maximum atomic E-state index is 7.31. The predicted octanol–water partition coefficient (Wildman–Crippen LogP) is 19.6. The maximum absolute atomic E-state index is 7.31. The zero-order valence-corrected chi connectivity index (χ0v) is 59.6. The lowest BCUT2D eigenvalue weighted by molar-refractivity contribution is 0.590. The molecule has 0 spiro atoms. The second-order valence-electron chi connectivity index (χ2n) is 31.7. The number of aromatic nitrogens is 1. The third kappa shape index (κ3) is 10.5. The van der Waals surface area contributed by atoms with Crippen LogP contribution in [0.1, 0.15) is 132 Å². The number of furan rings is 1. The Kier molecular flexibility index (Phi) is 14.6. The van der Waals surface area contributed by atoms with Crippen LogP contribution in [0.4, 0.5) is 51.2 Å². The van der Waals surface area contributed by atoms with Crippen LogP contribution in [0.15, 0.2) is 247 Å². The number of pyridine rings is 1. The molecule has 15 rings (SSSR count). The van der Waals surface area contributed by atoms with Crippen molar-refractivity contribution in [1.29, 1.82) is 0 Å². The minimum absolute atomic E-state index is 0.0564.